The standard InChI is InChI=1S/C15H20N4OS/c1-12-3-5-13(6-4-12)14-16-19(15(21)20-14)11-18-9-7-17(2)8-10-18/h3-6H,7-11H2,1-2H3. The Balaban J connectivity index is 1.75. The molecule has 0 bridgehead atoms. The van der Waals surface area contributed by atoms with E-state index in [1.165, 1.54) is 5.56 Å². The van der Waals surface area contributed by atoms with Crippen LogP contribution in [0.4, 0.5) is 0 Å². The predicted octanol–water partition coefficient (Wildman–Crippen LogP) is 2.39. The van der Waals surface area contributed by atoms with Crippen molar-refractivity contribution in [2.45, 2.75) is 13.6 Å². The van der Waals surface area contributed by atoms with Crippen molar-refractivity contribution in [3.05, 3.63) is 34.7 Å². The number of aryl methyl sites for hydroxylation is 1. The van der Waals surface area contributed by atoms with Crippen LogP contribution in [0.5, 0.6) is 0 Å². The monoisotopic (exact) mass is 304 g/mol. The lowest BCUT2D eigenvalue weighted by atomic mass is 10.1. The molecule has 5 nitrogen and oxygen atoms in total. The molecule has 1 aromatic carbocycles. The van der Waals surface area contributed by atoms with Gasteiger partial charge in [-0.2, -0.15) is 0 Å². The van der Waals surface area contributed by atoms with Crippen molar-refractivity contribution >= 4 is 12.2 Å². The maximum Gasteiger partial charge on any atom is 0.288 e. The van der Waals surface area contributed by atoms with E-state index in [0.29, 0.717) is 17.4 Å². The summed E-state index contributed by atoms with van der Waals surface area (Å²) in [6, 6.07) is 8.12. The number of piperazine rings is 1. The summed E-state index contributed by atoms with van der Waals surface area (Å²) in [5, 5.41) is 4.51. The van der Waals surface area contributed by atoms with Gasteiger partial charge in [-0.05, 0) is 38.3 Å². The van der Waals surface area contributed by atoms with Gasteiger partial charge in [-0.3, -0.25) is 4.90 Å². The Bertz CT molecular complexity index is 653. The van der Waals surface area contributed by atoms with Crippen LogP contribution < -0.4 is 0 Å². The van der Waals surface area contributed by atoms with Crippen molar-refractivity contribution in [2.24, 2.45) is 0 Å². The normalized spacial score (nSPS) is 17.2. The summed E-state index contributed by atoms with van der Waals surface area (Å²) in [5.41, 5.74) is 2.18. The summed E-state index contributed by atoms with van der Waals surface area (Å²) in [6.45, 7) is 6.98. The summed E-state index contributed by atoms with van der Waals surface area (Å²) < 4.78 is 7.41. The first-order valence-electron chi connectivity index (χ1n) is 7.18. The smallest absolute Gasteiger partial charge is 0.288 e. The number of likely N-dealkylation sites (N-methyl/N-ethyl adjacent to an activating group) is 1. The highest BCUT2D eigenvalue weighted by atomic mass is 32.1. The number of hydrogen-bond acceptors (Lipinski definition) is 5. The van der Waals surface area contributed by atoms with Gasteiger partial charge in [-0.1, -0.05) is 17.7 Å². The largest absolute Gasteiger partial charge is 0.409 e. The average Bonchev–Trinajstić information content (AvgIpc) is 2.83. The summed E-state index contributed by atoms with van der Waals surface area (Å²) in [7, 11) is 2.15. The molecule has 1 aliphatic rings. The second-order valence-corrected chi connectivity index (χ2v) is 5.95. The molecular weight excluding hydrogens is 284 g/mol. The van der Waals surface area contributed by atoms with Gasteiger partial charge >= 0.3 is 0 Å². The van der Waals surface area contributed by atoms with E-state index >= 15 is 0 Å². The second-order valence-electron chi connectivity index (χ2n) is 5.60. The number of nitrogens with zero attached hydrogens (tertiary/aromatic N) is 4. The molecule has 1 saturated heterocycles. The molecular formula is C15H20N4OS. The highest BCUT2D eigenvalue weighted by molar-refractivity contribution is 7.71. The van der Waals surface area contributed by atoms with Crippen LogP contribution in [-0.4, -0.2) is 52.8 Å². The van der Waals surface area contributed by atoms with E-state index in [9.17, 15) is 0 Å². The molecule has 21 heavy (non-hydrogen) atoms. The molecule has 0 saturated carbocycles. The number of hydrogen-bond donors (Lipinski definition) is 0. The van der Waals surface area contributed by atoms with Gasteiger partial charge in [0.25, 0.3) is 4.84 Å². The van der Waals surface area contributed by atoms with E-state index < -0.39 is 0 Å². The van der Waals surface area contributed by atoms with Crippen LogP contribution in [0.2, 0.25) is 0 Å². The van der Waals surface area contributed by atoms with Crippen LogP contribution in [0.25, 0.3) is 11.5 Å². The van der Waals surface area contributed by atoms with Gasteiger partial charge in [0.05, 0.1) is 6.67 Å². The molecule has 6 heteroatoms. The van der Waals surface area contributed by atoms with Gasteiger partial charge in [-0.25, -0.2) is 4.68 Å². The third kappa shape index (κ3) is 3.40. The van der Waals surface area contributed by atoms with Gasteiger partial charge in [0, 0.05) is 31.7 Å². The third-order valence-corrected chi connectivity index (χ3v) is 4.13. The Morgan fingerprint density at radius 2 is 1.81 bits per heavy atom. The van der Waals surface area contributed by atoms with E-state index in [1.54, 1.807) is 4.68 Å². The molecule has 2 heterocycles. The zero-order chi connectivity index (χ0) is 14.8. The molecule has 112 valence electrons. The van der Waals surface area contributed by atoms with Crippen LogP contribution >= 0.6 is 12.2 Å². The Morgan fingerprint density at radius 3 is 2.48 bits per heavy atom. The molecule has 0 spiro atoms. The Labute approximate surface area is 129 Å². The van der Waals surface area contributed by atoms with E-state index in [1.807, 2.05) is 24.3 Å². The average molecular weight is 304 g/mol. The summed E-state index contributed by atoms with van der Waals surface area (Å²) in [4.78, 5) is 5.11. The van der Waals surface area contributed by atoms with Crippen molar-refractivity contribution < 1.29 is 4.42 Å². The molecule has 0 atom stereocenters. The molecule has 2 aromatic rings. The number of aromatic nitrogens is 2. The molecule has 0 unspecified atom stereocenters. The maximum atomic E-state index is 5.63. The van der Waals surface area contributed by atoms with Crippen LogP contribution in [0.15, 0.2) is 28.7 Å². The Hall–Kier alpha value is -1.50. The molecule has 1 aromatic heterocycles. The zero-order valence-corrected chi connectivity index (χ0v) is 13.3. The van der Waals surface area contributed by atoms with E-state index in [4.69, 9.17) is 16.6 Å². The molecule has 0 N–H and O–H groups in total. The van der Waals surface area contributed by atoms with Crippen LogP contribution in [0, 0.1) is 11.8 Å². The molecule has 1 aliphatic heterocycles. The topological polar surface area (TPSA) is 37.4 Å². The minimum Gasteiger partial charge on any atom is -0.409 e. The molecule has 0 aliphatic carbocycles. The lowest BCUT2D eigenvalue weighted by Crippen LogP contribution is -2.45. The number of rotatable bonds is 3. The van der Waals surface area contributed by atoms with E-state index in [-0.39, 0.29) is 0 Å². The fourth-order valence-corrected chi connectivity index (χ4v) is 2.56. The number of benzene rings is 1. The highest BCUT2D eigenvalue weighted by Crippen LogP contribution is 2.18. The van der Waals surface area contributed by atoms with Crippen molar-refractivity contribution in [1.29, 1.82) is 0 Å². The summed E-state index contributed by atoms with van der Waals surface area (Å²) in [5.74, 6) is 0.592. The SMILES string of the molecule is Cc1ccc(-c2nn(CN3CCN(C)CC3)c(=S)o2)cc1. The quantitative estimate of drug-likeness (QED) is 0.814. The minimum atomic E-state index is 0.435. The van der Waals surface area contributed by atoms with Gasteiger partial charge in [0.15, 0.2) is 0 Å². The van der Waals surface area contributed by atoms with Crippen molar-refractivity contribution in [3.8, 4) is 11.5 Å². The first-order valence-corrected chi connectivity index (χ1v) is 7.58. The van der Waals surface area contributed by atoms with Crippen molar-refractivity contribution in [1.82, 2.24) is 19.6 Å². The third-order valence-electron chi connectivity index (χ3n) is 3.83. The zero-order valence-electron chi connectivity index (χ0n) is 12.5. The Kier molecular flexibility index (Phi) is 4.19. The van der Waals surface area contributed by atoms with Crippen LogP contribution in [0.3, 0.4) is 0 Å². The van der Waals surface area contributed by atoms with E-state index in [0.717, 1.165) is 31.7 Å². The minimum absolute atomic E-state index is 0.435. The first-order chi connectivity index (χ1) is 10.1. The van der Waals surface area contributed by atoms with Gasteiger partial charge in [0.2, 0.25) is 5.89 Å². The first kappa shape index (κ1) is 14.4. The second kappa shape index (κ2) is 6.09. The lowest BCUT2D eigenvalue weighted by molar-refractivity contribution is 0.118. The molecule has 3 rings (SSSR count). The Morgan fingerprint density at radius 1 is 1.14 bits per heavy atom. The van der Waals surface area contributed by atoms with Gasteiger partial charge in [-0.15, -0.1) is 5.10 Å². The van der Waals surface area contributed by atoms with Crippen LogP contribution in [-0.2, 0) is 6.67 Å². The fraction of sp³-hybridized carbons (Fsp3) is 0.467. The maximum absolute atomic E-state index is 5.63. The van der Waals surface area contributed by atoms with Crippen molar-refractivity contribution in [3.63, 3.8) is 0 Å². The molecule has 1 fully saturated rings. The predicted molar refractivity (Wildman–Crippen MR) is 84.6 cm³/mol. The molecule has 0 amide bonds. The molecule has 0 radical (unpaired) electrons. The fourth-order valence-electron chi connectivity index (χ4n) is 2.39. The summed E-state index contributed by atoms with van der Waals surface area (Å²) in [6.07, 6.45) is 0. The summed E-state index contributed by atoms with van der Waals surface area (Å²) >= 11 is 5.29. The van der Waals surface area contributed by atoms with Crippen molar-refractivity contribution in [2.75, 3.05) is 33.2 Å². The highest BCUT2D eigenvalue weighted by Gasteiger charge is 2.16. The lowest BCUT2D eigenvalue weighted by Gasteiger charge is -2.31. The van der Waals surface area contributed by atoms with Gasteiger partial charge in [0.1, 0.15) is 0 Å². The van der Waals surface area contributed by atoms with E-state index in [2.05, 4.69) is 28.9 Å². The van der Waals surface area contributed by atoms with Crippen LogP contribution in [0.1, 0.15) is 5.56 Å². The van der Waals surface area contributed by atoms with Gasteiger partial charge < -0.3 is 9.32 Å².